The first-order valence-electron chi connectivity index (χ1n) is 5.89. The molecule has 18 heavy (non-hydrogen) atoms. The molecular formula is C11H19ClN2O2S2. The van der Waals surface area contributed by atoms with Crippen LogP contribution in [0.4, 0.5) is 0 Å². The zero-order chi connectivity index (χ0) is 12.3. The van der Waals surface area contributed by atoms with Gasteiger partial charge in [-0.25, -0.2) is 13.1 Å². The van der Waals surface area contributed by atoms with Crippen LogP contribution in [0.3, 0.4) is 0 Å². The molecule has 1 aromatic rings. The molecule has 0 aliphatic heterocycles. The Morgan fingerprint density at radius 1 is 1.39 bits per heavy atom. The first-order chi connectivity index (χ1) is 8.13. The van der Waals surface area contributed by atoms with Gasteiger partial charge in [0.25, 0.3) is 0 Å². The third-order valence-electron chi connectivity index (χ3n) is 3.28. The lowest BCUT2D eigenvalue weighted by Gasteiger charge is -2.30. The third-order valence-corrected chi connectivity index (χ3v) is 6.17. The number of rotatable bonds is 4. The number of hydrogen-bond donors (Lipinski definition) is 2. The van der Waals surface area contributed by atoms with Gasteiger partial charge in [0.15, 0.2) is 0 Å². The summed E-state index contributed by atoms with van der Waals surface area (Å²) < 4.78 is 27.4. The molecule has 0 aromatic carbocycles. The van der Waals surface area contributed by atoms with Gasteiger partial charge in [-0.15, -0.1) is 23.7 Å². The van der Waals surface area contributed by atoms with E-state index >= 15 is 0 Å². The van der Waals surface area contributed by atoms with Crippen molar-refractivity contribution in [2.24, 2.45) is 11.7 Å². The molecule has 4 nitrogen and oxygen atoms in total. The van der Waals surface area contributed by atoms with Crippen molar-refractivity contribution in [3.05, 3.63) is 17.5 Å². The van der Waals surface area contributed by atoms with Crippen LogP contribution >= 0.6 is 23.7 Å². The summed E-state index contributed by atoms with van der Waals surface area (Å²) in [5.41, 5.74) is 5.70. The van der Waals surface area contributed by atoms with Gasteiger partial charge in [0.2, 0.25) is 10.0 Å². The summed E-state index contributed by atoms with van der Waals surface area (Å²) in [6.07, 6.45) is 4.15. The van der Waals surface area contributed by atoms with E-state index in [-0.39, 0.29) is 24.4 Å². The van der Waals surface area contributed by atoms with Crippen LogP contribution in [0, 0.1) is 5.92 Å². The highest BCUT2D eigenvalue weighted by Crippen LogP contribution is 2.26. The minimum absolute atomic E-state index is 0. The Labute approximate surface area is 118 Å². The largest absolute Gasteiger partial charge is 0.330 e. The molecule has 0 saturated heterocycles. The Kier molecular flexibility index (Phi) is 6.07. The monoisotopic (exact) mass is 310 g/mol. The molecule has 2 atom stereocenters. The van der Waals surface area contributed by atoms with Crippen molar-refractivity contribution in [1.82, 2.24) is 4.72 Å². The molecule has 2 unspecified atom stereocenters. The fourth-order valence-corrected chi connectivity index (χ4v) is 4.67. The van der Waals surface area contributed by atoms with Gasteiger partial charge in [-0.2, -0.15) is 0 Å². The van der Waals surface area contributed by atoms with Crippen LogP contribution in [0.5, 0.6) is 0 Å². The van der Waals surface area contributed by atoms with Crippen LogP contribution in [0.1, 0.15) is 25.7 Å². The Hall–Kier alpha value is -0.140. The molecule has 3 N–H and O–H groups in total. The van der Waals surface area contributed by atoms with E-state index < -0.39 is 10.0 Å². The van der Waals surface area contributed by atoms with Gasteiger partial charge in [0.05, 0.1) is 0 Å². The molecule has 1 aliphatic rings. The second-order valence-electron chi connectivity index (χ2n) is 4.44. The minimum Gasteiger partial charge on any atom is -0.330 e. The number of thiophene rings is 1. The summed E-state index contributed by atoms with van der Waals surface area (Å²) in [4.78, 5) is 0. The predicted octanol–water partition coefficient (Wildman–Crippen LogP) is 1.97. The Balaban J connectivity index is 0.00000162. The Bertz CT molecular complexity index is 448. The molecule has 0 amide bonds. The molecule has 0 bridgehead atoms. The van der Waals surface area contributed by atoms with Crippen LogP contribution in [0.15, 0.2) is 21.7 Å². The van der Waals surface area contributed by atoms with Crippen LogP contribution in [0.25, 0.3) is 0 Å². The van der Waals surface area contributed by atoms with Crippen LogP contribution in [0.2, 0.25) is 0 Å². The van der Waals surface area contributed by atoms with E-state index in [4.69, 9.17) is 5.73 Å². The molecule has 0 spiro atoms. The fourth-order valence-electron chi connectivity index (χ4n) is 2.32. The molecule has 0 radical (unpaired) electrons. The smallest absolute Gasteiger partial charge is 0.250 e. The van der Waals surface area contributed by atoms with E-state index in [0.717, 1.165) is 25.7 Å². The van der Waals surface area contributed by atoms with Crippen molar-refractivity contribution in [2.75, 3.05) is 6.54 Å². The lowest BCUT2D eigenvalue weighted by molar-refractivity contribution is 0.296. The summed E-state index contributed by atoms with van der Waals surface area (Å²) in [5, 5.41) is 1.77. The Morgan fingerprint density at radius 3 is 2.72 bits per heavy atom. The maximum Gasteiger partial charge on any atom is 0.250 e. The van der Waals surface area contributed by atoms with Crippen LogP contribution in [-0.2, 0) is 10.0 Å². The summed E-state index contributed by atoms with van der Waals surface area (Å²) in [5.74, 6) is 0.276. The lowest BCUT2D eigenvalue weighted by atomic mass is 9.85. The summed E-state index contributed by atoms with van der Waals surface area (Å²) in [7, 11) is -3.35. The van der Waals surface area contributed by atoms with Crippen molar-refractivity contribution in [1.29, 1.82) is 0 Å². The van der Waals surface area contributed by atoms with Gasteiger partial charge in [-0.1, -0.05) is 18.9 Å². The van der Waals surface area contributed by atoms with Crippen molar-refractivity contribution in [3.63, 3.8) is 0 Å². The van der Waals surface area contributed by atoms with Gasteiger partial charge >= 0.3 is 0 Å². The van der Waals surface area contributed by atoms with Gasteiger partial charge in [-0.05, 0) is 36.8 Å². The maximum atomic E-state index is 12.1. The maximum absolute atomic E-state index is 12.1. The zero-order valence-electron chi connectivity index (χ0n) is 10.0. The number of halogens is 1. The minimum atomic E-state index is -3.35. The number of hydrogen-bond acceptors (Lipinski definition) is 4. The number of nitrogens with two attached hydrogens (primary N) is 1. The molecule has 2 rings (SSSR count). The Morgan fingerprint density at radius 2 is 2.11 bits per heavy atom. The molecule has 1 aromatic heterocycles. The standard InChI is InChI=1S/C11H18N2O2S2.ClH/c12-8-9-4-1-2-5-10(9)13-17(14,15)11-6-3-7-16-11;/h3,6-7,9-10,13H,1-2,4-5,8,12H2;1H. The summed E-state index contributed by atoms with van der Waals surface area (Å²) in [6, 6.07) is 3.38. The van der Waals surface area contributed by atoms with Gasteiger partial charge < -0.3 is 5.73 Å². The average molecular weight is 311 g/mol. The van der Waals surface area contributed by atoms with Crippen molar-refractivity contribution in [3.8, 4) is 0 Å². The normalized spacial score (nSPS) is 24.5. The zero-order valence-corrected chi connectivity index (χ0v) is 12.5. The highest BCUT2D eigenvalue weighted by molar-refractivity contribution is 7.91. The lowest BCUT2D eigenvalue weighted by Crippen LogP contribution is -2.44. The predicted molar refractivity (Wildman–Crippen MR) is 76.7 cm³/mol. The highest BCUT2D eigenvalue weighted by Gasteiger charge is 2.28. The number of sulfonamides is 1. The summed E-state index contributed by atoms with van der Waals surface area (Å²) >= 11 is 1.25. The van der Waals surface area contributed by atoms with Crippen LogP contribution in [-0.4, -0.2) is 21.0 Å². The first kappa shape index (κ1) is 15.9. The van der Waals surface area contributed by atoms with Gasteiger partial charge in [-0.3, -0.25) is 0 Å². The van der Waals surface area contributed by atoms with Gasteiger partial charge in [0, 0.05) is 6.04 Å². The van der Waals surface area contributed by atoms with Crippen molar-refractivity contribution >= 4 is 33.8 Å². The van der Waals surface area contributed by atoms with E-state index in [2.05, 4.69) is 4.72 Å². The third kappa shape index (κ3) is 3.68. The highest BCUT2D eigenvalue weighted by atomic mass is 35.5. The molecule has 104 valence electrons. The van der Waals surface area contributed by atoms with Crippen molar-refractivity contribution < 1.29 is 8.42 Å². The number of nitrogens with one attached hydrogen (secondary N) is 1. The molecule has 1 aliphatic carbocycles. The first-order valence-corrected chi connectivity index (χ1v) is 8.25. The second-order valence-corrected chi connectivity index (χ2v) is 7.33. The molecule has 7 heteroatoms. The average Bonchev–Trinajstić information content (AvgIpc) is 2.83. The van der Waals surface area contributed by atoms with Crippen LogP contribution < -0.4 is 10.5 Å². The SMILES string of the molecule is Cl.NCC1CCCCC1NS(=O)(=O)c1cccs1. The molecule has 1 heterocycles. The fraction of sp³-hybridized carbons (Fsp3) is 0.636. The van der Waals surface area contributed by atoms with E-state index in [1.54, 1.807) is 17.5 Å². The molecule has 1 saturated carbocycles. The molecule has 1 fully saturated rings. The van der Waals surface area contributed by atoms with Gasteiger partial charge in [0.1, 0.15) is 4.21 Å². The van der Waals surface area contributed by atoms with E-state index in [1.807, 2.05) is 0 Å². The molecular weight excluding hydrogens is 292 g/mol. The van der Waals surface area contributed by atoms with E-state index in [0.29, 0.717) is 10.8 Å². The van der Waals surface area contributed by atoms with E-state index in [9.17, 15) is 8.42 Å². The topological polar surface area (TPSA) is 72.2 Å². The van der Waals surface area contributed by atoms with Crippen molar-refractivity contribution in [2.45, 2.75) is 35.9 Å². The summed E-state index contributed by atoms with van der Waals surface area (Å²) in [6.45, 7) is 0.553. The van der Waals surface area contributed by atoms with E-state index in [1.165, 1.54) is 11.3 Å². The second kappa shape index (κ2) is 6.86. The quantitative estimate of drug-likeness (QED) is 0.893.